The highest BCUT2D eigenvalue weighted by molar-refractivity contribution is 5.59. The molecule has 0 spiro atoms. The molecule has 2 bridgehead atoms. The van der Waals surface area contributed by atoms with Crippen molar-refractivity contribution in [1.29, 1.82) is 0 Å². The Labute approximate surface area is 137 Å². The van der Waals surface area contributed by atoms with Crippen molar-refractivity contribution in [3.63, 3.8) is 0 Å². The van der Waals surface area contributed by atoms with Crippen molar-refractivity contribution in [2.75, 3.05) is 19.6 Å². The molecule has 0 radical (unpaired) electrons. The fourth-order valence-electron chi connectivity index (χ4n) is 4.26. The average Bonchev–Trinajstić information content (AvgIpc) is 2.62. The molecule has 1 aromatic heterocycles. The highest BCUT2D eigenvalue weighted by atomic mass is 15.2. The van der Waals surface area contributed by atoms with Crippen LogP contribution in [0.15, 0.2) is 36.4 Å². The Bertz CT molecular complexity index is 685. The minimum Gasteiger partial charge on any atom is -0.329 e. The van der Waals surface area contributed by atoms with Crippen LogP contribution in [0.4, 0.5) is 0 Å². The molecule has 5 rings (SSSR count). The van der Waals surface area contributed by atoms with Crippen LogP contribution < -0.4 is 5.73 Å². The maximum atomic E-state index is 5.93. The lowest BCUT2D eigenvalue weighted by atomic mass is 9.74. The van der Waals surface area contributed by atoms with Gasteiger partial charge in [0.1, 0.15) is 5.82 Å². The smallest absolute Gasteiger partial charge is 0.126 e. The van der Waals surface area contributed by atoms with Gasteiger partial charge >= 0.3 is 0 Å². The summed E-state index contributed by atoms with van der Waals surface area (Å²) < 4.78 is 0. The van der Waals surface area contributed by atoms with Crippen LogP contribution in [0.25, 0.3) is 11.3 Å². The summed E-state index contributed by atoms with van der Waals surface area (Å²) in [5.41, 5.74) is 9.35. The third-order valence-electron chi connectivity index (χ3n) is 5.46. The average molecular weight is 308 g/mol. The Morgan fingerprint density at radius 3 is 2.74 bits per heavy atom. The fourth-order valence-corrected chi connectivity index (χ4v) is 4.26. The number of nitrogens with two attached hydrogens (primary N) is 1. The maximum Gasteiger partial charge on any atom is 0.126 e. The Hall–Kier alpha value is -1.78. The van der Waals surface area contributed by atoms with E-state index in [1.807, 2.05) is 13.0 Å². The number of piperidine rings is 3. The van der Waals surface area contributed by atoms with E-state index in [0.717, 1.165) is 24.6 Å². The number of aryl methyl sites for hydroxylation is 1. The van der Waals surface area contributed by atoms with Gasteiger partial charge in [0.05, 0.1) is 5.69 Å². The quantitative estimate of drug-likeness (QED) is 0.947. The zero-order chi connectivity index (χ0) is 15.8. The molecule has 4 atom stereocenters. The highest BCUT2D eigenvalue weighted by Gasteiger charge is 2.40. The Balaban J connectivity index is 1.66. The largest absolute Gasteiger partial charge is 0.329 e. The lowest BCUT2D eigenvalue weighted by Gasteiger charge is -2.49. The van der Waals surface area contributed by atoms with Crippen LogP contribution in [0, 0.1) is 12.8 Å². The van der Waals surface area contributed by atoms with Gasteiger partial charge in [0.15, 0.2) is 0 Å². The van der Waals surface area contributed by atoms with E-state index < -0.39 is 0 Å². The molecule has 2 aromatic rings. The van der Waals surface area contributed by atoms with Crippen molar-refractivity contribution in [3.05, 3.63) is 47.9 Å². The Kier molecular flexibility index (Phi) is 3.87. The molecule has 3 aliphatic heterocycles. The second-order valence-corrected chi connectivity index (χ2v) is 6.87. The van der Waals surface area contributed by atoms with Gasteiger partial charge in [0, 0.05) is 36.3 Å². The first-order valence-electron chi connectivity index (χ1n) is 8.59. The van der Waals surface area contributed by atoms with Crippen LogP contribution in [0.1, 0.15) is 30.3 Å². The summed E-state index contributed by atoms with van der Waals surface area (Å²) in [4.78, 5) is 12.0. The van der Waals surface area contributed by atoms with E-state index in [2.05, 4.69) is 40.2 Å². The molecule has 1 aromatic carbocycles. The topological polar surface area (TPSA) is 55.0 Å². The zero-order valence-electron chi connectivity index (χ0n) is 13.7. The molecule has 3 saturated heterocycles. The SMILES string of the molecule is Cc1nc(-c2ccccc2)cc([C@H]2CN3CC[C@H]2C[C@@H]3CN)n1. The molecule has 4 heteroatoms. The van der Waals surface area contributed by atoms with Crippen LogP contribution in [-0.2, 0) is 0 Å². The summed E-state index contributed by atoms with van der Waals surface area (Å²) in [6.07, 6.45) is 2.48. The molecule has 0 amide bonds. The van der Waals surface area contributed by atoms with Crippen molar-refractivity contribution in [2.45, 2.75) is 31.7 Å². The van der Waals surface area contributed by atoms with E-state index in [9.17, 15) is 0 Å². The van der Waals surface area contributed by atoms with Gasteiger partial charge in [-0.3, -0.25) is 4.90 Å². The molecular weight excluding hydrogens is 284 g/mol. The summed E-state index contributed by atoms with van der Waals surface area (Å²) in [5.74, 6) is 2.11. The predicted octanol–water partition coefficient (Wildman–Crippen LogP) is 2.59. The molecule has 0 aliphatic carbocycles. The number of hydrogen-bond acceptors (Lipinski definition) is 4. The predicted molar refractivity (Wildman–Crippen MR) is 92.1 cm³/mol. The van der Waals surface area contributed by atoms with Crippen LogP contribution in [0.5, 0.6) is 0 Å². The van der Waals surface area contributed by atoms with Crippen molar-refractivity contribution >= 4 is 0 Å². The summed E-state index contributed by atoms with van der Waals surface area (Å²) in [6.45, 7) is 5.07. The van der Waals surface area contributed by atoms with Gasteiger partial charge in [-0.05, 0) is 38.3 Å². The first-order chi connectivity index (χ1) is 11.2. The molecule has 120 valence electrons. The van der Waals surface area contributed by atoms with Crippen LogP contribution in [0.2, 0.25) is 0 Å². The van der Waals surface area contributed by atoms with E-state index in [0.29, 0.717) is 17.9 Å². The van der Waals surface area contributed by atoms with Crippen LogP contribution in [-0.4, -0.2) is 40.5 Å². The fraction of sp³-hybridized carbons (Fsp3) is 0.474. The Morgan fingerprint density at radius 2 is 2.04 bits per heavy atom. The van der Waals surface area contributed by atoms with Crippen molar-refractivity contribution < 1.29 is 0 Å². The lowest BCUT2D eigenvalue weighted by molar-refractivity contribution is 0.0333. The normalized spacial score (nSPS) is 29.7. The highest BCUT2D eigenvalue weighted by Crippen LogP contribution is 2.41. The molecule has 0 saturated carbocycles. The summed E-state index contributed by atoms with van der Waals surface area (Å²) in [7, 11) is 0. The van der Waals surface area contributed by atoms with Gasteiger partial charge in [0.2, 0.25) is 0 Å². The summed E-state index contributed by atoms with van der Waals surface area (Å²) in [6, 6.07) is 13.2. The Morgan fingerprint density at radius 1 is 1.22 bits per heavy atom. The van der Waals surface area contributed by atoms with Gasteiger partial charge in [-0.1, -0.05) is 30.3 Å². The first-order valence-corrected chi connectivity index (χ1v) is 8.59. The van der Waals surface area contributed by atoms with E-state index in [1.165, 1.54) is 30.6 Å². The molecule has 3 aliphatic rings. The molecule has 3 fully saturated rings. The maximum absolute atomic E-state index is 5.93. The van der Waals surface area contributed by atoms with Crippen LogP contribution >= 0.6 is 0 Å². The lowest BCUT2D eigenvalue weighted by Crippen LogP contribution is -2.55. The van der Waals surface area contributed by atoms with E-state index >= 15 is 0 Å². The molecule has 1 unspecified atom stereocenters. The van der Waals surface area contributed by atoms with Crippen molar-refractivity contribution in [2.24, 2.45) is 11.7 Å². The third-order valence-corrected chi connectivity index (χ3v) is 5.46. The molecule has 4 nitrogen and oxygen atoms in total. The molecule has 23 heavy (non-hydrogen) atoms. The van der Waals surface area contributed by atoms with Gasteiger partial charge in [-0.25, -0.2) is 9.97 Å². The zero-order valence-corrected chi connectivity index (χ0v) is 13.7. The first kappa shape index (κ1) is 14.8. The standard InChI is InChI=1S/C19H24N4/c1-13-21-18(14-5-3-2-4-6-14)10-19(22-13)17-12-23-8-7-15(17)9-16(23)11-20/h2-6,10,15-17H,7-9,11-12,20H2,1H3/t15-,16+,17-/m0/s1. The van der Waals surface area contributed by atoms with E-state index in [4.69, 9.17) is 10.7 Å². The number of hydrogen-bond donors (Lipinski definition) is 1. The second-order valence-electron chi connectivity index (χ2n) is 6.87. The number of aromatic nitrogens is 2. The number of benzene rings is 1. The monoisotopic (exact) mass is 308 g/mol. The minimum absolute atomic E-state index is 0.524. The second kappa shape index (κ2) is 6.02. The number of nitrogens with zero attached hydrogens (tertiary/aromatic N) is 3. The van der Waals surface area contributed by atoms with Gasteiger partial charge in [-0.2, -0.15) is 0 Å². The molecule has 4 heterocycles. The number of fused-ring (bicyclic) bond motifs is 3. The van der Waals surface area contributed by atoms with Gasteiger partial charge in [-0.15, -0.1) is 0 Å². The van der Waals surface area contributed by atoms with E-state index in [1.54, 1.807) is 0 Å². The number of rotatable bonds is 3. The minimum atomic E-state index is 0.524. The third kappa shape index (κ3) is 2.77. The van der Waals surface area contributed by atoms with Crippen molar-refractivity contribution in [1.82, 2.24) is 14.9 Å². The molecule has 2 N–H and O–H groups in total. The van der Waals surface area contributed by atoms with E-state index in [-0.39, 0.29) is 0 Å². The summed E-state index contributed by atoms with van der Waals surface area (Å²) >= 11 is 0. The van der Waals surface area contributed by atoms with Crippen LogP contribution in [0.3, 0.4) is 0 Å². The summed E-state index contributed by atoms with van der Waals surface area (Å²) in [5, 5.41) is 0. The van der Waals surface area contributed by atoms with Gasteiger partial charge in [0.25, 0.3) is 0 Å². The molecular formula is C19H24N4. The van der Waals surface area contributed by atoms with Crippen molar-refractivity contribution in [3.8, 4) is 11.3 Å². The van der Waals surface area contributed by atoms with Gasteiger partial charge < -0.3 is 5.73 Å².